The fraction of sp³-hybridized carbons (Fsp3) is 0.400. The zero-order chi connectivity index (χ0) is 17.3. The van der Waals surface area contributed by atoms with Gasteiger partial charge in [-0.3, -0.25) is 0 Å². The molecule has 1 spiro atoms. The second-order valence-electron chi connectivity index (χ2n) is 6.56. The predicted octanol–water partition coefficient (Wildman–Crippen LogP) is 4.31. The summed E-state index contributed by atoms with van der Waals surface area (Å²) >= 11 is 3.87. The van der Waals surface area contributed by atoms with Crippen LogP contribution < -0.4 is 0 Å². The molecule has 1 unspecified atom stereocenters. The lowest BCUT2D eigenvalue weighted by Crippen LogP contribution is -2.37. The Labute approximate surface area is 156 Å². The van der Waals surface area contributed by atoms with E-state index < -0.39 is 6.10 Å². The van der Waals surface area contributed by atoms with Crippen LogP contribution in [0.2, 0.25) is 0 Å². The molecule has 3 nitrogen and oxygen atoms in total. The first-order valence-electron chi connectivity index (χ1n) is 8.59. The van der Waals surface area contributed by atoms with Gasteiger partial charge in [-0.05, 0) is 17.2 Å². The summed E-state index contributed by atoms with van der Waals surface area (Å²) in [6.07, 6.45) is 0.0476. The molecule has 1 aliphatic heterocycles. The van der Waals surface area contributed by atoms with E-state index in [2.05, 4.69) is 12.1 Å². The normalized spacial score (nSPS) is 24.4. The first-order chi connectivity index (χ1) is 12.2. The average molecular weight is 375 g/mol. The van der Waals surface area contributed by atoms with E-state index >= 15 is 0 Å². The van der Waals surface area contributed by atoms with E-state index in [-0.39, 0.29) is 15.7 Å². The van der Waals surface area contributed by atoms with Gasteiger partial charge in [0.25, 0.3) is 0 Å². The van der Waals surface area contributed by atoms with Crippen molar-refractivity contribution in [3.8, 4) is 5.75 Å². The van der Waals surface area contributed by atoms with E-state index in [1.54, 1.807) is 6.07 Å². The topological polar surface area (TPSA) is 49.7 Å². The van der Waals surface area contributed by atoms with Crippen LogP contribution in [0.25, 0.3) is 0 Å². The van der Waals surface area contributed by atoms with Gasteiger partial charge in [-0.25, -0.2) is 0 Å². The summed E-state index contributed by atoms with van der Waals surface area (Å²) < 4.78 is 6.03. The van der Waals surface area contributed by atoms with Crippen LogP contribution in [-0.4, -0.2) is 32.4 Å². The minimum Gasteiger partial charge on any atom is -0.508 e. The number of aromatic hydroxyl groups is 1. The summed E-state index contributed by atoms with van der Waals surface area (Å²) in [6.45, 7) is 1.18. The van der Waals surface area contributed by atoms with Crippen molar-refractivity contribution >= 4 is 23.5 Å². The van der Waals surface area contributed by atoms with Gasteiger partial charge in [-0.1, -0.05) is 42.5 Å². The van der Waals surface area contributed by atoms with Crippen molar-refractivity contribution in [2.45, 2.75) is 29.1 Å². The molecule has 2 N–H and O–H groups in total. The number of aliphatic hydroxyl groups is 1. The number of hydrogen-bond acceptors (Lipinski definition) is 5. The second kappa shape index (κ2) is 7.23. The predicted molar refractivity (Wildman–Crippen MR) is 104 cm³/mol. The van der Waals surface area contributed by atoms with E-state index in [0.29, 0.717) is 25.2 Å². The zero-order valence-electron chi connectivity index (χ0n) is 13.9. The van der Waals surface area contributed by atoms with Crippen molar-refractivity contribution in [1.29, 1.82) is 0 Å². The Morgan fingerprint density at radius 3 is 2.56 bits per heavy atom. The van der Waals surface area contributed by atoms with Gasteiger partial charge in [0, 0.05) is 29.4 Å². The maximum Gasteiger partial charge on any atom is 0.121 e. The van der Waals surface area contributed by atoms with Crippen LogP contribution in [0.1, 0.15) is 35.1 Å². The fourth-order valence-corrected chi connectivity index (χ4v) is 7.40. The Morgan fingerprint density at radius 2 is 1.80 bits per heavy atom. The minimum atomic E-state index is -0.611. The third-order valence-electron chi connectivity index (χ3n) is 5.01. The molecule has 2 aromatic rings. The molecule has 5 heteroatoms. The lowest BCUT2D eigenvalue weighted by Gasteiger charge is -2.43. The van der Waals surface area contributed by atoms with Gasteiger partial charge in [0.05, 0.1) is 23.4 Å². The molecular formula is C20H22O3S2. The number of rotatable bonds is 4. The molecule has 0 radical (unpaired) electrons. The van der Waals surface area contributed by atoms with Gasteiger partial charge in [0.2, 0.25) is 0 Å². The number of ether oxygens (including phenoxy) is 1. The molecule has 25 heavy (non-hydrogen) atoms. The van der Waals surface area contributed by atoms with Gasteiger partial charge in [0.1, 0.15) is 5.75 Å². The van der Waals surface area contributed by atoms with Gasteiger partial charge >= 0.3 is 0 Å². The molecule has 1 aliphatic carbocycles. The van der Waals surface area contributed by atoms with E-state index in [0.717, 1.165) is 22.6 Å². The summed E-state index contributed by atoms with van der Waals surface area (Å²) in [7, 11) is 0. The molecule has 2 aliphatic rings. The number of phenols is 1. The molecule has 2 atom stereocenters. The Kier molecular flexibility index (Phi) is 5.00. The molecule has 0 bridgehead atoms. The number of phenolic OH excluding ortho intramolecular Hbond substituents is 1. The van der Waals surface area contributed by atoms with Gasteiger partial charge < -0.3 is 14.9 Å². The van der Waals surface area contributed by atoms with Gasteiger partial charge in [0.15, 0.2) is 0 Å². The highest BCUT2D eigenvalue weighted by Crippen LogP contribution is 2.61. The van der Waals surface area contributed by atoms with Crippen molar-refractivity contribution < 1.29 is 14.9 Å². The summed E-state index contributed by atoms with van der Waals surface area (Å²) in [5.74, 6) is 2.56. The van der Waals surface area contributed by atoms with Crippen LogP contribution >= 0.6 is 23.5 Å². The molecular weight excluding hydrogens is 352 g/mol. The van der Waals surface area contributed by atoms with Crippen molar-refractivity contribution in [3.63, 3.8) is 0 Å². The van der Waals surface area contributed by atoms with Crippen molar-refractivity contribution in [3.05, 3.63) is 65.2 Å². The van der Waals surface area contributed by atoms with E-state index in [9.17, 15) is 10.2 Å². The van der Waals surface area contributed by atoms with Crippen molar-refractivity contribution in [1.82, 2.24) is 0 Å². The standard InChI is InChI=1S/C20H22O3S2/c21-17-8-4-7-15-16(13-23-12-14-5-2-1-3-6-14)20(24-9-10-25-20)11-18(22)19(15)17/h1-8,16,18,21-22H,9-13H2/t16-,18?/m1/s1. The average Bonchev–Trinajstić information content (AvgIpc) is 3.07. The van der Waals surface area contributed by atoms with Crippen LogP contribution in [0, 0.1) is 0 Å². The highest BCUT2D eigenvalue weighted by Gasteiger charge is 2.50. The Bertz CT molecular complexity index is 729. The Hall–Kier alpha value is -1.14. The SMILES string of the molecule is Oc1cccc2c1C(O)CC1(SCCS1)[C@@H]2COCc1ccccc1. The molecule has 4 rings (SSSR count). The van der Waals surface area contributed by atoms with Crippen LogP contribution in [0.5, 0.6) is 5.75 Å². The molecule has 132 valence electrons. The lowest BCUT2D eigenvalue weighted by atomic mass is 9.80. The molecule has 1 saturated heterocycles. The first kappa shape index (κ1) is 17.3. The minimum absolute atomic E-state index is 0.0586. The second-order valence-corrected chi connectivity index (χ2v) is 9.67. The largest absolute Gasteiger partial charge is 0.508 e. The zero-order valence-corrected chi connectivity index (χ0v) is 15.6. The number of fused-ring (bicyclic) bond motifs is 1. The maximum atomic E-state index is 10.7. The lowest BCUT2D eigenvalue weighted by molar-refractivity contribution is 0.0849. The van der Waals surface area contributed by atoms with Crippen LogP contribution in [0.4, 0.5) is 0 Å². The first-order valence-corrected chi connectivity index (χ1v) is 10.6. The van der Waals surface area contributed by atoms with Crippen LogP contribution in [-0.2, 0) is 11.3 Å². The van der Waals surface area contributed by atoms with E-state index in [4.69, 9.17) is 4.74 Å². The number of benzene rings is 2. The summed E-state index contributed by atoms with van der Waals surface area (Å²) in [5, 5.41) is 20.9. The number of aliphatic hydroxyl groups excluding tert-OH is 1. The third kappa shape index (κ3) is 3.31. The summed E-state index contributed by atoms with van der Waals surface area (Å²) in [5.41, 5.74) is 2.89. The Morgan fingerprint density at radius 1 is 1.04 bits per heavy atom. The number of thioether (sulfide) groups is 2. The molecule has 0 saturated carbocycles. The van der Waals surface area contributed by atoms with E-state index in [1.165, 1.54) is 0 Å². The van der Waals surface area contributed by atoms with E-state index in [1.807, 2.05) is 53.9 Å². The highest BCUT2D eigenvalue weighted by molar-refractivity contribution is 8.21. The molecule has 0 amide bonds. The maximum absolute atomic E-state index is 10.7. The van der Waals surface area contributed by atoms with Crippen molar-refractivity contribution in [2.24, 2.45) is 0 Å². The quantitative estimate of drug-likeness (QED) is 0.835. The van der Waals surface area contributed by atoms with Crippen molar-refractivity contribution in [2.75, 3.05) is 18.1 Å². The summed E-state index contributed by atoms with van der Waals surface area (Å²) in [4.78, 5) is 0. The molecule has 1 fully saturated rings. The Balaban J connectivity index is 1.60. The van der Waals surface area contributed by atoms with Crippen LogP contribution in [0.3, 0.4) is 0 Å². The molecule has 2 aromatic carbocycles. The highest BCUT2D eigenvalue weighted by atomic mass is 32.2. The fourth-order valence-electron chi connectivity index (χ4n) is 3.86. The third-order valence-corrected chi connectivity index (χ3v) is 8.67. The molecule has 0 aromatic heterocycles. The monoisotopic (exact) mass is 374 g/mol. The van der Waals surface area contributed by atoms with Crippen LogP contribution in [0.15, 0.2) is 48.5 Å². The summed E-state index contributed by atoms with van der Waals surface area (Å²) in [6, 6.07) is 15.8. The molecule has 1 heterocycles. The number of hydrogen-bond donors (Lipinski definition) is 2. The van der Waals surface area contributed by atoms with Gasteiger partial charge in [-0.15, -0.1) is 23.5 Å². The van der Waals surface area contributed by atoms with Gasteiger partial charge in [-0.2, -0.15) is 0 Å². The smallest absolute Gasteiger partial charge is 0.121 e.